The summed E-state index contributed by atoms with van der Waals surface area (Å²) in [5, 5.41) is 24.3. The van der Waals surface area contributed by atoms with Gasteiger partial charge < -0.3 is 34.0 Å². The average molecular weight is 769 g/mol. The zero-order chi connectivity index (χ0) is 38.5. The second kappa shape index (κ2) is 20.1. The first kappa shape index (κ1) is 41.3. The molecule has 0 aromatic heterocycles. The number of aliphatic hydroxyl groups is 2. The lowest BCUT2D eigenvalue weighted by atomic mass is 9.55. The van der Waals surface area contributed by atoms with E-state index in [0.29, 0.717) is 48.8 Å². The molecule has 0 spiro atoms. The minimum atomic E-state index is -1.47. The van der Waals surface area contributed by atoms with E-state index in [1.165, 1.54) is 12.1 Å². The highest BCUT2D eigenvalue weighted by Crippen LogP contribution is 2.62. The van der Waals surface area contributed by atoms with Gasteiger partial charge in [0.15, 0.2) is 0 Å². The second-order valence-electron chi connectivity index (χ2n) is 13.8. The molecule has 2 aromatic rings. The van der Waals surface area contributed by atoms with Gasteiger partial charge in [-0.15, -0.1) is 18.2 Å². The summed E-state index contributed by atoms with van der Waals surface area (Å²) < 4.78 is 40.0. The molecule has 2 aliphatic carbocycles. The SMILES string of the molecule is C=CCOc1ccc2c(c1)C1C(CCCCO)C(CCCCO)C=C3C(=NOCC)CC(N(Cc4ccc(F)cc4)C(=O)OCCCl)C(OCC=C)(O2)C31. The quantitative estimate of drug-likeness (QED) is 0.0569. The van der Waals surface area contributed by atoms with E-state index in [1.807, 2.05) is 25.1 Å². The summed E-state index contributed by atoms with van der Waals surface area (Å²) in [5.74, 6) is -1.09. The van der Waals surface area contributed by atoms with Crippen LogP contribution in [0, 0.1) is 23.6 Å². The minimum absolute atomic E-state index is 0.0235. The number of aliphatic hydroxyl groups excluding tert-OH is 2. The lowest BCUT2D eigenvalue weighted by molar-refractivity contribution is -0.256. The van der Waals surface area contributed by atoms with E-state index in [4.69, 9.17) is 40.5 Å². The average Bonchev–Trinajstić information content (AvgIpc) is 3.18. The van der Waals surface area contributed by atoms with Gasteiger partial charge in [0, 0.05) is 37.7 Å². The monoisotopic (exact) mass is 768 g/mol. The van der Waals surface area contributed by atoms with Gasteiger partial charge in [0.05, 0.1) is 24.1 Å². The van der Waals surface area contributed by atoms with Gasteiger partial charge in [0.25, 0.3) is 0 Å². The van der Waals surface area contributed by atoms with Crippen LogP contribution in [0.4, 0.5) is 9.18 Å². The molecule has 0 saturated heterocycles. The van der Waals surface area contributed by atoms with Crippen molar-refractivity contribution >= 4 is 23.4 Å². The number of unbranched alkanes of at least 4 members (excludes halogenated alkanes) is 2. The Kier molecular flexibility index (Phi) is 15.4. The third kappa shape index (κ3) is 9.30. The number of hydrogen-bond donors (Lipinski definition) is 2. The molecule has 10 nitrogen and oxygen atoms in total. The van der Waals surface area contributed by atoms with Crippen molar-refractivity contribution in [3.05, 3.63) is 96.4 Å². The van der Waals surface area contributed by atoms with Gasteiger partial charge in [-0.3, -0.25) is 4.90 Å². The summed E-state index contributed by atoms with van der Waals surface area (Å²) in [6.07, 6.45) is 9.75. The summed E-state index contributed by atoms with van der Waals surface area (Å²) in [6.45, 7) is 10.6. The van der Waals surface area contributed by atoms with Crippen LogP contribution in [0.15, 0.2) is 84.6 Å². The number of benzene rings is 2. The van der Waals surface area contributed by atoms with Gasteiger partial charge in [-0.05, 0) is 85.9 Å². The predicted molar refractivity (Wildman–Crippen MR) is 206 cm³/mol. The maximum absolute atomic E-state index is 14.2. The first-order valence-corrected chi connectivity index (χ1v) is 19.6. The normalized spacial score (nSPS) is 24.7. The van der Waals surface area contributed by atoms with E-state index in [0.717, 1.165) is 36.8 Å². The molecule has 294 valence electrons. The maximum atomic E-state index is 14.2. The van der Waals surface area contributed by atoms with E-state index in [-0.39, 0.29) is 63.0 Å². The Balaban J connectivity index is 1.79. The van der Waals surface area contributed by atoms with E-state index in [2.05, 4.69) is 19.2 Å². The number of oxime groups is 1. The van der Waals surface area contributed by atoms with Crippen molar-refractivity contribution in [1.82, 2.24) is 4.90 Å². The predicted octanol–water partition coefficient (Wildman–Crippen LogP) is 7.92. The molecule has 0 bridgehead atoms. The zero-order valence-corrected chi connectivity index (χ0v) is 31.9. The van der Waals surface area contributed by atoms with Crippen molar-refractivity contribution in [3.8, 4) is 11.5 Å². The Hall–Kier alpha value is -3.90. The number of rotatable bonds is 21. The Morgan fingerprint density at radius 1 is 1.07 bits per heavy atom. The lowest BCUT2D eigenvalue weighted by Crippen LogP contribution is -2.70. The minimum Gasteiger partial charge on any atom is -0.490 e. The van der Waals surface area contributed by atoms with Crippen LogP contribution in [-0.2, 0) is 20.9 Å². The lowest BCUT2D eigenvalue weighted by Gasteiger charge is -2.59. The summed E-state index contributed by atoms with van der Waals surface area (Å²) in [7, 11) is 0. The number of alkyl halides is 1. The summed E-state index contributed by atoms with van der Waals surface area (Å²) in [4.78, 5) is 21.6. The van der Waals surface area contributed by atoms with Gasteiger partial charge >= 0.3 is 6.09 Å². The van der Waals surface area contributed by atoms with Crippen LogP contribution in [0.3, 0.4) is 0 Å². The fraction of sp³-hybridized carbons (Fsp3) is 0.524. The Morgan fingerprint density at radius 2 is 1.81 bits per heavy atom. The van der Waals surface area contributed by atoms with Crippen LogP contribution in [0.5, 0.6) is 11.5 Å². The topological polar surface area (TPSA) is 119 Å². The second-order valence-corrected chi connectivity index (χ2v) is 14.2. The van der Waals surface area contributed by atoms with E-state index in [1.54, 1.807) is 29.2 Å². The highest BCUT2D eigenvalue weighted by molar-refractivity contribution is 6.18. The third-order valence-corrected chi connectivity index (χ3v) is 10.7. The molecule has 0 radical (unpaired) electrons. The maximum Gasteiger partial charge on any atom is 0.410 e. The van der Waals surface area contributed by atoms with E-state index < -0.39 is 29.7 Å². The smallest absolute Gasteiger partial charge is 0.410 e. The summed E-state index contributed by atoms with van der Waals surface area (Å²) >= 11 is 6.01. The van der Waals surface area contributed by atoms with Crippen molar-refractivity contribution in [2.24, 2.45) is 22.9 Å². The summed E-state index contributed by atoms with van der Waals surface area (Å²) in [5.41, 5.74) is 3.20. The van der Waals surface area contributed by atoms with Crippen molar-refractivity contribution < 1.29 is 43.2 Å². The van der Waals surface area contributed by atoms with Crippen molar-refractivity contribution in [3.63, 3.8) is 0 Å². The molecule has 3 aliphatic rings. The Labute approximate surface area is 323 Å². The molecule has 2 N–H and O–H groups in total. The molecule has 6 unspecified atom stereocenters. The molecule has 54 heavy (non-hydrogen) atoms. The molecule has 1 aliphatic heterocycles. The largest absolute Gasteiger partial charge is 0.490 e. The van der Waals surface area contributed by atoms with Crippen LogP contribution in [0.25, 0.3) is 0 Å². The Morgan fingerprint density at radius 3 is 2.50 bits per heavy atom. The standard InChI is InChI=1S/C42H54ClFN2O8/c1-4-22-50-32-17-18-37-35(26-32)39-33(12-8-10-21-48)30(11-7-9-20-47)25-34-36(45-53-6-3)27-38(42(54-37,40(34)39)52-23-5-2)46(41(49)51-24-19-43)28-29-13-15-31(44)16-14-29/h4-5,13-18,25-26,30,33,38-40,47-48H,1-2,6-12,19-24,27-28H2,3H3. The molecule has 2 aromatic carbocycles. The molecule has 1 heterocycles. The van der Waals surface area contributed by atoms with Crippen molar-refractivity contribution in [2.45, 2.75) is 76.2 Å². The Bertz CT molecular complexity index is 1620. The van der Waals surface area contributed by atoms with Gasteiger partial charge in [0.2, 0.25) is 5.79 Å². The van der Waals surface area contributed by atoms with E-state index >= 15 is 0 Å². The fourth-order valence-electron chi connectivity index (χ4n) is 8.33. The number of fused-ring (bicyclic) bond motifs is 2. The number of amides is 1. The highest BCUT2D eigenvalue weighted by Gasteiger charge is 2.65. The third-order valence-electron chi connectivity index (χ3n) is 10.5. The van der Waals surface area contributed by atoms with E-state index in [9.17, 15) is 19.4 Å². The molecule has 1 fully saturated rings. The number of carbonyl (C=O) groups excluding carboxylic acids is 1. The molecule has 6 atom stereocenters. The fourth-order valence-corrected chi connectivity index (χ4v) is 8.41. The van der Waals surface area contributed by atoms with Crippen LogP contribution < -0.4 is 9.47 Å². The van der Waals surface area contributed by atoms with Crippen molar-refractivity contribution in [2.75, 3.05) is 45.5 Å². The van der Waals surface area contributed by atoms with Gasteiger partial charge in [0.1, 0.15) is 43.2 Å². The van der Waals surface area contributed by atoms with Gasteiger partial charge in [-0.1, -0.05) is 54.9 Å². The number of halogens is 2. The number of hydrogen-bond acceptors (Lipinski definition) is 9. The van der Waals surface area contributed by atoms with Crippen LogP contribution in [0.1, 0.15) is 68.9 Å². The first-order valence-electron chi connectivity index (χ1n) is 19.0. The molecule has 5 rings (SSSR count). The number of nitrogens with zero attached hydrogens (tertiary/aromatic N) is 2. The number of allylic oxidation sites excluding steroid dienone is 1. The number of carbonyl (C=O) groups is 1. The zero-order valence-electron chi connectivity index (χ0n) is 31.2. The van der Waals surface area contributed by atoms with Crippen LogP contribution in [-0.4, -0.2) is 84.3 Å². The molecular formula is C42H54ClFN2O8. The molecule has 1 amide bonds. The van der Waals surface area contributed by atoms with Gasteiger partial charge in [-0.2, -0.15) is 0 Å². The van der Waals surface area contributed by atoms with Crippen molar-refractivity contribution in [1.29, 1.82) is 0 Å². The number of ether oxygens (including phenoxy) is 4. The molecule has 1 saturated carbocycles. The first-order chi connectivity index (χ1) is 26.3. The van der Waals surface area contributed by atoms with Crippen LogP contribution >= 0.6 is 11.6 Å². The van der Waals surface area contributed by atoms with Gasteiger partial charge in [-0.25, -0.2) is 9.18 Å². The highest BCUT2D eigenvalue weighted by atomic mass is 35.5. The van der Waals surface area contributed by atoms with Crippen LogP contribution in [0.2, 0.25) is 0 Å². The molecule has 12 heteroatoms. The molecular weight excluding hydrogens is 715 g/mol. The summed E-state index contributed by atoms with van der Waals surface area (Å²) in [6, 6.07) is 10.9.